The molecule has 0 saturated carbocycles. The van der Waals surface area contributed by atoms with Crippen LogP contribution in [0.5, 0.6) is 0 Å². The Kier molecular flexibility index (Phi) is 11.4. The number of aryl methyl sites for hydroxylation is 1. The van der Waals surface area contributed by atoms with E-state index in [1.165, 1.54) is 12.1 Å². The molecule has 0 atom stereocenters. The van der Waals surface area contributed by atoms with E-state index < -0.39 is 5.97 Å². The molecule has 0 bridgehead atoms. The molecule has 1 rings (SSSR count). The minimum Gasteiger partial charge on any atom is -0.478 e. The van der Waals surface area contributed by atoms with Crippen LogP contribution in [-0.2, 0) is 6.42 Å². The summed E-state index contributed by atoms with van der Waals surface area (Å²) in [6, 6.07) is 9.82. The molecule has 0 amide bonds. The van der Waals surface area contributed by atoms with E-state index in [4.69, 9.17) is 16.7 Å². The van der Waals surface area contributed by atoms with Crippen LogP contribution in [-0.4, -0.2) is 26.5 Å². The van der Waals surface area contributed by atoms with Crippen LogP contribution in [0.15, 0.2) is 24.3 Å². The summed E-state index contributed by atoms with van der Waals surface area (Å²) >= 11 is 5.52. The Labute approximate surface area is 136 Å². The first kappa shape index (κ1) is 20.2. The molecule has 21 heavy (non-hydrogen) atoms. The fourth-order valence-corrected chi connectivity index (χ4v) is 3.94. The number of aromatic carboxylic acids is 1. The third-order valence-corrected chi connectivity index (χ3v) is 6.46. The van der Waals surface area contributed by atoms with Crippen LogP contribution < -0.4 is 0 Å². The van der Waals surface area contributed by atoms with Crippen molar-refractivity contribution in [3.05, 3.63) is 35.4 Å². The lowest BCUT2D eigenvalue weighted by molar-refractivity contribution is 0.0697. The van der Waals surface area contributed by atoms with E-state index in [1.807, 2.05) is 0 Å². The van der Waals surface area contributed by atoms with Gasteiger partial charge in [0, 0.05) is 15.4 Å². The van der Waals surface area contributed by atoms with Crippen molar-refractivity contribution in [3.63, 3.8) is 0 Å². The van der Waals surface area contributed by atoms with Crippen molar-refractivity contribution in [2.75, 3.05) is 5.88 Å². The topological polar surface area (TPSA) is 37.3 Å². The predicted octanol–water partition coefficient (Wildman–Crippen LogP) is 4.47. The van der Waals surface area contributed by atoms with Crippen LogP contribution in [0.4, 0.5) is 0 Å². The maximum absolute atomic E-state index is 10.4. The summed E-state index contributed by atoms with van der Waals surface area (Å²) in [7, 11) is 0.316. The van der Waals surface area contributed by atoms with E-state index in [2.05, 4.69) is 27.7 Å². The number of carboxylic acids is 1. The minimum atomic E-state index is -0.896. The molecular weight excluding hydrogens is 300 g/mol. The predicted molar refractivity (Wildman–Crippen MR) is 95.7 cm³/mol. The molecule has 2 nitrogen and oxygen atoms in total. The van der Waals surface area contributed by atoms with Crippen molar-refractivity contribution in [2.24, 2.45) is 11.8 Å². The van der Waals surface area contributed by atoms with Gasteiger partial charge in [-0.1, -0.05) is 63.8 Å². The van der Waals surface area contributed by atoms with Crippen molar-refractivity contribution in [3.8, 4) is 0 Å². The van der Waals surface area contributed by atoms with Gasteiger partial charge >= 0.3 is 5.97 Å². The van der Waals surface area contributed by atoms with Gasteiger partial charge in [-0.05, 0) is 24.1 Å². The number of hydrogen-bond donors (Lipinski definition) is 1. The average molecular weight is 329 g/mol. The zero-order valence-corrected chi connectivity index (χ0v) is 15.9. The van der Waals surface area contributed by atoms with Crippen molar-refractivity contribution in [2.45, 2.75) is 46.2 Å². The zero-order valence-electron chi connectivity index (χ0n) is 13.7. The molecule has 4 heteroatoms. The lowest BCUT2D eigenvalue weighted by Gasteiger charge is -2.04. The van der Waals surface area contributed by atoms with E-state index in [0.717, 1.165) is 23.8 Å². The Hall–Kier alpha value is -0.803. The Morgan fingerprint density at radius 3 is 1.90 bits per heavy atom. The van der Waals surface area contributed by atoms with Gasteiger partial charge in [-0.2, -0.15) is 0 Å². The first-order chi connectivity index (χ1) is 9.86. The highest BCUT2D eigenvalue weighted by molar-refractivity contribution is 6.35. The van der Waals surface area contributed by atoms with Crippen LogP contribution in [0, 0.1) is 11.8 Å². The number of alkyl halides is 1. The van der Waals surface area contributed by atoms with E-state index in [-0.39, 0.29) is 0 Å². The van der Waals surface area contributed by atoms with E-state index >= 15 is 0 Å². The maximum Gasteiger partial charge on any atom is 0.335 e. The Balaban J connectivity index is 0.000000400. The monoisotopic (exact) mass is 328 g/mol. The second-order valence-electron chi connectivity index (χ2n) is 6.16. The molecule has 0 aliphatic heterocycles. The van der Waals surface area contributed by atoms with Crippen molar-refractivity contribution < 1.29 is 9.90 Å². The molecule has 0 aliphatic carbocycles. The second kappa shape index (κ2) is 11.8. The largest absolute Gasteiger partial charge is 0.478 e. The molecule has 0 aliphatic rings. The number of benzene rings is 1. The molecule has 0 aromatic heterocycles. The first-order valence-electron chi connectivity index (χ1n) is 7.75. The summed E-state index contributed by atoms with van der Waals surface area (Å²) in [6.45, 7) is 9.31. The van der Waals surface area contributed by atoms with Gasteiger partial charge in [0.1, 0.15) is 0 Å². The van der Waals surface area contributed by atoms with Crippen LogP contribution in [0.2, 0.25) is 12.1 Å². The Bertz CT molecular complexity index is 380. The fourth-order valence-electron chi connectivity index (χ4n) is 1.86. The summed E-state index contributed by atoms with van der Waals surface area (Å²) in [5.41, 5.74) is 1.38. The van der Waals surface area contributed by atoms with Crippen LogP contribution in [0.1, 0.15) is 43.6 Å². The zero-order chi connectivity index (χ0) is 16.3. The van der Waals surface area contributed by atoms with E-state index in [9.17, 15) is 4.79 Å². The van der Waals surface area contributed by atoms with Gasteiger partial charge in [0.25, 0.3) is 0 Å². The van der Waals surface area contributed by atoms with E-state index in [1.54, 1.807) is 24.3 Å². The van der Waals surface area contributed by atoms with Crippen LogP contribution in [0.3, 0.4) is 0 Å². The second-order valence-corrected chi connectivity index (χ2v) is 8.40. The molecule has 1 aromatic carbocycles. The van der Waals surface area contributed by atoms with Gasteiger partial charge in [-0.15, -0.1) is 11.6 Å². The van der Waals surface area contributed by atoms with Crippen molar-refractivity contribution in [1.82, 2.24) is 0 Å². The standard InChI is InChI=1S/C9H9ClO2.C8H20Si/c10-6-5-7-1-3-8(4-2-7)9(11)12;1-7(2)5-9-6-8(3)4/h1-4H,5-6H2,(H,11,12);7-8H,5-6,9H2,1-4H3. The average Bonchev–Trinajstić information content (AvgIpc) is 2.39. The van der Waals surface area contributed by atoms with Crippen LogP contribution in [0.25, 0.3) is 0 Å². The molecule has 0 radical (unpaired) electrons. The highest BCUT2D eigenvalue weighted by Crippen LogP contribution is 2.06. The normalized spacial score (nSPS) is 10.4. The fraction of sp³-hybridized carbons (Fsp3) is 0.588. The number of carboxylic acid groups (broad SMARTS) is 1. The highest BCUT2D eigenvalue weighted by Gasteiger charge is 2.00. The van der Waals surface area contributed by atoms with E-state index in [0.29, 0.717) is 21.0 Å². The molecule has 0 saturated heterocycles. The smallest absolute Gasteiger partial charge is 0.335 e. The summed E-state index contributed by atoms with van der Waals surface area (Å²) in [5, 5.41) is 8.58. The minimum absolute atomic E-state index is 0.313. The molecule has 1 N–H and O–H groups in total. The van der Waals surface area contributed by atoms with Gasteiger partial charge in [0.05, 0.1) is 5.56 Å². The first-order valence-corrected chi connectivity index (χ1v) is 10.3. The number of halogens is 1. The molecule has 1 aromatic rings. The lowest BCUT2D eigenvalue weighted by Crippen LogP contribution is -1.99. The number of carbonyl (C=O) groups is 1. The summed E-state index contributed by atoms with van der Waals surface area (Å²) in [5.74, 6) is 1.57. The SMILES string of the molecule is CC(C)C[SiH2]CC(C)C.O=C(O)c1ccc(CCCl)cc1. The van der Waals surface area contributed by atoms with Gasteiger partial charge < -0.3 is 5.11 Å². The van der Waals surface area contributed by atoms with Gasteiger partial charge in [-0.3, -0.25) is 0 Å². The molecule has 0 fully saturated rings. The number of hydrogen-bond acceptors (Lipinski definition) is 1. The lowest BCUT2D eigenvalue weighted by atomic mass is 10.1. The van der Waals surface area contributed by atoms with Crippen molar-refractivity contribution >= 4 is 27.1 Å². The van der Waals surface area contributed by atoms with Crippen LogP contribution >= 0.6 is 11.6 Å². The molecule has 0 unspecified atom stereocenters. The molecule has 0 spiro atoms. The summed E-state index contributed by atoms with van der Waals surface area (Å²) < 4.78 is 0. The quantitative estimate of drug-likeness (QED) is 0.592. The van der Waals surface area contributed by atoms with Gasteiger partial charge in [0.2, 0.25) is 0 Å². The highest BCUT2D eigenvalue weighted by atomic mass is 35.5. The molecular formula is C17H29ClO2Si. The van der Waals surface area contributed by atoms with Gasteiger partial charge in [-0.25, -0.2) is 4.79 Å². The third kappa shape index (κ3) is 11.5. The Morgan fingerprint density at radius 1 is 1.10 bits per heavy atom. The Morgan fingerprint density at radius 2 is 1.57 bits per heavy atom. The maximum atomic E-state index is 10.4. The molecule has 0 heterocycles. The molecule has 120 valence electrons. The van der Waals surface area contributed by atoms with Crippen molar-refractivity contribution in [1.29, 1.82) is 0 Å². The van der Waals surface area contributed by atoms with Gasteiger partial charge in [0.15, 0.2) is 0 Å². The summed E-state index contributed by atoms with van der Waals surface area (Å²) in [4.78, 5) is 10.4. The number of rotatable bonds is 7. The third-order valence-electron chi connectivity index (χ3n) is 3.15. The summed E-state index contributed by atoms with van der Waals surface area (Å²) in [6.07, 6.45) is 0.779.